The summed E-state index contributed by atoms with van der Waals surface area (Å²) in [6, 6.07) is 6.72. The summed E-state index contributed by atoms with van der Waals surface area (Å²) in [4.78, 5) is 7.20. The van der Waals surface area contributed by atoms with Gasteiger partial charge in [-0.3, -0.25) is 9.89 Å². The zero-order valence-electron chi connectivity index (χ0n) is 16.7. The number of benzene rings is 1. The van der Waals surface area contributed by atoms with Gasteiger partial charge in [-0.2, -0.15) is 0 Å². The predicted octanol–water partition coefficient (Wildman–Crippen LogP) is 1.82. The van der Waals surface area contributed by atoms with E-state index >= 15 is 0 Å². The molecule has 6 nitrogen and oxygen atoms in total. The number of rotatable bonds is 8. The van der Waals surface area contributed by atoms with Crippen LogP contribution >= 0.6 is 0 Å². The van der Waals surface area contributed by atoms with Gasteiger partial charge in [0, 0.05) is 32.2 Å². The molecule has 146 valence electrons. The standard InChI is InChI=1S/C20H34N4O2/c1-5-21-20(23-15-17(3)24-10-12-26-13-11-24)22-9-8-18-14-16(2)6-7-19(18)25-4/h6-7,14,17H,5,8-13,15H2,1-4H3,(H2,21,22,23). The van der Waals surface area contributed by atoms with Crippen molar-refractivity contribution in [3.8, 4) is 5.75 Å². The van der Waals surface area contributed by atoms with E-state index in [9.17, 15) is 0 Å². The van der Waals surface area contributed by atoms with Crippen LogP contribution in [0.25, 0.3) is 0 Å². The first-order chi connectivity index (χ1) is 12.6. The Bertz CT molecular complexity index is 571. The lowest BCUT2D eigenvalue weighted by molar-refractivity contribution is 0.0220. The highest BCUT2D eigenvalue weighted by Gasteiger charge is 2.16. The molecule has 0 radical (unpaired) electrons. The van der Waals surface area contributed by atoms with Gasteiger partial charge in [-0.25, -0.2) is 0 Å². The number of nitrogens with one attached hydrogen (secondary N) is 2. The van der Waals surface area contributed by atoms with Crippen molar-refractivity contribution in [1.82, 2.24) is 15.5 Å². The molecule has 1 unspecified atom stereocenters. The van der Waals surface area contributed by atoms with Gasteiger partial charge >= 0.3 is 0 Å². The van der Waals surface area contributed by atoms with Crippen LogP contribution < -0.4 is 15.4 Å². The lowest BCUT2D eigenvalue weighted by Gasteiger charge is -2.31. The molecule has 0 saturated carbocycles. The van der Waals surface area contributed by atoms with Crippen LogP contribution in [0.5, 0.6) is 5.75 Å². The zero-order valence-corrected chi connectivity index (χ0v) is 16.7. The first-order valence-corrected chi connectivity index (χ1v) is 9.61. The number of methoxy groups -OCH3 is 1. The highest BCUT2D eigenvalue weighted by molar-refractivity contribution is 5.79. The molecule has 2 N–H and O–H groups in total. The van der Waals surface area contributed by atoms with Crippen molar-refractivity contribution in [1.29, 1.82) is 0 Å². The number of morpholine rings is 1. The molecular formula is C20H34N4O2. The van der Waals surface area contributed by atoms with Crippen molar-refractivity contribution in [3.63, 3.8) is 0 Å². The Morgan fingerprint density at radius 1 is 1.31 bits per heavy atom. The number of hydrogen-bond acceptors (Lipinski definition) is 4. The van der Waals surface area contributed by atoms with Gasteiger partial charge < -0.3 is 20.1 Å². The van der Waals surface area contributed by atoms with Crippen molar-refractivity contribution in [2.75, 3.05) is 53.0 Å². The Kier molecular flexibility index (Phi) is 8.71. The second kappa shape index (κ2) is 11.0. The molecule has 1 saturated heterocycles. The largest absolute Gasteiger partial charge is 0.496 e. The summed E-state index contributed by atoms with van der Waals surface area (Å²) in [7, 11) is 1.72. The molecule has 1 atom stereocenters. The van der Waals surface area contributed by atoms with E-state index in [2.05, 4.69) is 48.4 Å². The number of aryl methyl sites for hydroxylation is 1. The molecule has 1 heterocycles. The first-order valence-electron chi connectivity index (χ1n) is 9.61. The molecule has 2 rings (SSSR count). The molecule has 1 aliphatic rings. The monoisotopic (exact) mass is 362 g/mol. The van der Waals surface area contributed by atoms with Gasteiger partial charge in [-0.15, -0.1) is 0 Å². The smallest absolute Gasteiger partial charge is 0.191 e. The van der Waals surface area contributed by atoms with E-state index in [1.807, 2.05) is 6.07 Å². The van der Waals surface area contributed by atoms with E-state index in [1.54, 1.807) is 7.11 Å². The second-order valence-corrected chi connectivity index (χ2v) is 6.71. The van der Waals surface area contributed by atoms with Gasteiger partial charge in [0.15, 0.2) is 5.96 Å². The third kappa shape index (κ3) is 6.50. The Morgan fingerprint density at radius 2 is 2.08 bits per heavy atom. The maximum absolute atomic E-state index is 5.46. The van der Waals surface area contributed by atoms with Crippen LogP contribution in [0.15, 0.2) is 23.2 Å². The molecule has 0 aromatic heterocycles. The topological polar surface area (TPSA) is 58.1 Å². The molecule has 0 bridgehead atoms. The van der Waals surface area contributed by atoms with Crippen LogP contribution in [0, 0.1) is 6.92 Å². The van der Waals surface area contributed by atoms with Crippen molar-refractivity contribution in [3.05, 3.63) is 29.3 Å². The number of guanidine groups is 1. The summed E-state index contributed by atoms with van der Waals surface area (Å²) in [5.74, 6) is 1.82. The Balaban J connectivity index is 1.86. The van der Waals surface area contributed by atoms with E-state index < -0.39 is 0 Å². The third-order valence-corrected chi connectivity index (χ3v) is 4.65. The van der Waals surface area contributed by atoms with Crippen LogP contribution in [-0.2, 0) is 11.2 Å². The minimum Gasteiger partial charge on any atom is -0.496 e. The van der Waals surface area contributed by atoms with Crippen LogP contribution in [0.3, 0.4) is 0 Å². The van der Waals surface area contributed by atoms with Gasteiger partial charge in [0.05, 0.1) is 26.9 Å². The minimum atomic E-state index is 0.422. The molecule has 1 aliphatic heterocycles. The van der Waals surface area contributed by atoms with E-state index in [1.165, 1.54) is 11.1 Å². The molecule has 6 heteroatoms. The molecule has 0 amide bonds. The van der Waals surface area contributed by atoms with Gasteiger partial charge in [-0.1, -0.05) is 17.7 Å². The molecule has 1 aromatic carbocycles. The average Bonchev–Trinajstić information content (AvgIpc) is 2.66. The summed E-state index contributed by atoms with van der Waals surface area (Å²) in [5.41, 5.74) is 2.47. The lowest BCUT2D eigenvalue weighted by Crippen LogP contribution is -2.44. The first kappa shape index (κ1) is 20.5. The van der Waals surface area contributed by atoms with Crippen LogP contribution in [0.1, 0.15) is 25.0 Å². The maximum Gasteiger partial charge on any atom is 0.191 e. The highest BCUT2D eigenvalue weighted by Crippen LogP contribution is 2.19. The lowest BCUT2D eigenvalue weighted by atomic mass is 10.1. The summed E-state index contributed by atoms with van der Waals surface area (Å²) < 4.78 is 10.9. The number of aliphatic imine (C=N–C) groups is 1. The molecule has 0 spiro atoms. The van der Waals surface area contributed by atoms with Gasteiger partial charge in [0.1, 0.15) is 5.75 Å². The predicted molar refractivity (Wildman–Crippen MR) is 107 cm³/mol. The fourth-order valence-corrected chi connectivity index (χ4v) is 3.12. The SMILES string of the molecule is CCNC(=NCC(C)N1CCOCC1)NCCc1cc(C)ccc1OC. The summed E-state index contributed by atoms with van der Waals surface area (Å²) in [5, 5.41) is 6.77. The fourth-order valence-electron chi connectivity index (χ4n) is 3.12. The van der Waals surface area contributed by atoms with Crippen LogP contribution in [-0.4, -0.2) is 69.9 Å². The van der Waals surface area contributed by atoms with Gasteiger partial charge in [0.25, 0.3) is 0 Å². The van der Waals surface area contributed by atoms with Crippen LogP contribution in [0.2, 0.25) is 0 Å². The quantitative estimate of drug-likeness (QED) is 0.546. The third-order valence-electron chi connectivity index (χ3n) is 4.65. The number of hydrogen-bond donors (Lipinski definition) is 2. The molecule has 26 heavy (non-hydrogen) atoms. The number of nitrogens with zero attached hydrogens (tertiary/aromatic N) is 2. The van der Waals surface area contributed by atoms with Crippen molar-refractivity contribution in [2.24, 2.45) is 4.99 Å². The Labute approximate surface area is 158 Å². The number of ether oxygens (including phenoxy) is 2. The van der Waals surface area contributed by atoms with Crippen molar-refractivity contribution >= 4 is 5.96 Å². The summed E-state index contributed by atoms with van der Waals surface area (Å²) in [6.07, 6.45) is 0.897. The Hall–Kier alpha value is -1.79. The van der Waals surface area contributed by atoms with Crippen molar-refractivity contribution in [2.45, 2.75) is 33.2 Å². The maximum atomic E-state index is 5.46. The average molecular weight is 363 g/mol. The molecule has 0 aliphatic carbocycles. The Morgan fingerprint density at radius 3 is 2.77 bits per heavy atom. The molecule has 1 aromatic rings. The fraction of sp³-hybridized carbons (Fsp3) is 0.650. The van der Waals surface area contributed by atoms with E-state index in [0.717, 1.165) is 64.1 Å². The van der Waals surface area contributed by atoms with Crippen molar-refractivity contribution < 1.29 is 9.47 Å². The summed E-state index contributed by atoms with van der Waals surface area (Å²) in [6.45, 7) is 12.5. The van der Waals surface area contributed by atoms with E-state index in [4.69, 9.17) is 14.5 Å². The minimum absolute atomic E-state index is 0.422. The summed E-state index contributed by atoms with van der Waals surface area (Å²) >= 11 is 0. The normalized spacial score (nSPS) is 17.0. The van der Waals surface area contributed by atoms with Gasteiger partial charge in [0.2, 0.25) is 0 Å². The van der Waals surface area contributed by atoms with Gasteiger partial charge in [-0.05, 0) is 38.8 Å². The zero-order chi connectivity index (χ0) is 18.8. The molecular weight excluding hydrogens is 328 g/mol. The van der Waals surface area contributed by atoms with Crippen LogP contribution in [0.4, 0.5) is 0 Å². The highest BCUT2D eigenvalue weighted by atomic mass is 16.5. The molecule has 1 fully saturated rings. The second-order valence-electron chi connectivity index (χ2n) is 6.71. The van der Waals surface area contributed by atoms with E-state index in [-0.39, 0.29) is 0 Å². The van der Waals surface area contributed by atoms with E-state index in [0.29, 0.717) is 6.04 Å².